The molecule has 2 rings (SSSR count). The van der Waals surface area contributed by atoms with Gasteiger partial charge in [-0.1, -0.05) is 23.8 Å². The van der Waals surface area contributed by atoms with Crippen molar-refractivity contribution in [2.75, 3.05) is 12.4 Å². The molecule has 0 aliphatic rings. The summed E-state index contributed by atoms with van der Waals surface area (Å²) in [5.74, 6) is 0.471. The van der Waals surface area contributed by atoms with Crippen LogP contribution in [-0.4, -0.2) is 12.0 Å². The molecule has 0 radical (unpaired) electrons. The third-order valence-corrected chi connectivity index (χ3v) is 3.38. The highest BCUT2D eigenvalue weighted by Crippen LogP contribution is 2.29. The van der Waals surface area contributed by atoms with Gasteiger partial charge in [0.15, 0.2) is 0 Å². The monoisotopic (exact) mass is 286 g/mol. The van der Waals surface area contributed by atoms with E-state index in [2.05, 4.69) is 23.5 Å². The Kier molecular flexibility index (Phi) is 4.42. The molecule has 0 heterocycles. The Labute approximate surface area is 123 Å². The van der Waals surface area contributed by atoms with E-state index in [4.69, 9.17) is 4.74 Å². The lowest BCUT2D eigenvalue weighted by atomic mass is 10.1. The van der Waals surface area contributed by atoms with Gasteiger partial charge in [0.1, 0.15) is 11.4 Å². The minimum atomic E-state index is -0.409. The summed E-state index contributed by atoms with van der Waals surface area (Å²) in [5, 5.41) is 14.3. The number of benzene rings is 2. The Bertz CT molecular complexity index is 669. The van der Waals surface area contributed by atoms with Crippen molar-refractivity contribution in [3.05, 3.63) is 63.2 Å². The molecule has 0 aromatic heterocycles. The summed E-state index contributed by atoms with van der Waals surface area (Å²) in [7, 11) is 1.49. The fourth-order valence-electron chi connectivity index (χ4n) is 2.12. The van der Waals surface area contributed by atoms with Crippen molar-refractivity contribution in [1.29, 1.82) is 0 Å². The molecule has 0 bridgehead atoms. The van der Waals surface area contributed by atoms with Gasteiger partial charge in [-0.2, -0.15) is 0 Å². The Morgan fingerprint density at radius 1 is 1.19 bits per heavy atom. The van der Waals surface area contributed by atoms with E-state index in [-0.39, 0.29) is 5.69 Å². The summed E-state index contributed by atoms with van der Waals surface area (Å²) in [6.07, 6.45) is 0. The topological polar surface area (TPSA) is 64.4 Å². The molecule has 2 aromatic carbocycles. The third-order valence-electron chi connectivity index (χ3n) is 3.38. The molecular weight excluding hydrogens is 268 g/mol. The number of nitro benzene ring substituents is 1. The Hall–Kier alpha value is -2.56. The van der Waals surface area contributed by atoms with E-state index in [1.165, 1.54) is 18.7 Å². The molecule has 110 valence electrons. The predicted molar refractivity (Wildman–Crippen MR) is 82.9 cm³/mol. The molecular formula is C16H18N2O3. The number of aryl methyl sites for hydroxylation is 2. The van der Waals surface area contributed by atoms with Crippen molar-refractivity contribution >= 4 is 11.4 Å². The lowest BCUT2D eigenvalue weighted by Crippen LogP contribution is -2.04. The molecule has 0 aliphatic carbocycles. The third kappa shape index (κ3) is 3.51. The van der Waals surface area contributed by atoms with Crippen LogP contribution in [0.4, 0.5) is 11.4 Å². The van der Waals surface area contributed by atoms with Crippen LogP contribution in [0.5, 0.6) is 5.75 Å². The minimum Gasteiger partial charge on any atom is -0.496 e. The summed E-state index contributed by atoms with van der Waals surface area (Å²) < 4.78 is 5.03. The normalized spacial score (nSPS) is 10.2. The molecule has 0 amide bonds. The first-order valence-corrected chi connectivity index (χ1v) is 6.63. The molecule has 0 aliphatic heterocycles. The maximum atomic E-state index is 11.1. The maximum absolute atomic E-state index is 11.1. The van der Waals surface area contributed by atoms with Gasteiger partial charge in [0.25, 0.3) is 5.69 Å². The zero-order chi connectivity index (χ0) is 15.4. The molecule has 0 spiro atoms. The number of nitrogens with one attached hydrogen (secondary N) is 1. The van der Waals surface area contributed by atoms with E-state index in [1.807, 2.05) is 13.8 Å². The molecule has 0 atom stereocenters. The highest BCUT2D eigenvalue weighted by atomic mass is 16.6. The van der Waals surface area contributed by atoms with E-state index in [0.29, 0.717) is 18.0 Å². The lowest BCUT2D eigenvalue weighted by Gasteiger charge is -2.11. The minimum absolute atomic E-state index is 0.0136. The Balaban J connectivity index is 2.23. The summed E-state index contributed by atoms with van der Waals surface area (Å²) in [5.41, 5.74) is 3.95. The average Bonchev–Trinajstić information content (AvgIpc) is 2.48. The van der Waals surface area contributed by atoms with Crippen LogP contribution in [0, 0.1) is 24.0 Å². The maximum Gasteiger partial charge on any atom is 0.296 e. The molecule has 2 aromatic rings. The van der Waals surface area contributed by atoms with Gasteiger partial charge < -0.3 is 10.1 Å². The second kappa shape index (κ2) is 6.26. The van der Waals surface area contributed by atoms with Gasteiger partial charge in [0.05, 0.1) is 18.1 Å². The summed E-state index contributed by atoms with van der Waals surface area (Å²) in [6, 6.07) is 11.0. The van der Waals surface area contributed by atoms with Crippen LogP contribution >= 0.6 is 0 Å². The first kappa shape index (κ1) is 14.8. The van der Waals surface area contributed by atoms with Crippen LogP contribution < -0.4 is 10.1 Å². The summed E-state index contributed by atoms with van der Waals surface area (Å²) in [6.45, 7) is 4.60. The fourth-order valence-corrected chi connectivity index (χ4v) is 2.12. The number of hydrogen-bond acceptors (Lipinski definition) is 4. The lowest BCUT2D eigenvalue weighted by molar-refractivity contribution is -0.384. The predicted octanol–water partition coefficient (Wildman–Crippen LogP) is 3.83. The van der Waals surface area contributed by atoms with Gasteiger partial charge in [-0.3, -0.25) is 10.1 Å². The van der Waals surface area contributed by atoms with E-state index in [0.717, 1.165) is 11.1 Å². The molecule has 0 saturated heterocycles. The zero-order valence-electron chi connectivity index (χ0n) is 12.3. The van der Waals surface area contributed by atoms with Crippen molar-refractivity contribution in [2.24, 2.45) is 0 Å². The van der Waals surface area contributed by atoms with Gasteiger partial charge >= 0.3 is 0 Å². The van der Waals surface area contributed by atoms with Crippen molar-refractivity contribution in [3.8, 4) is 5.75 Å². The fraction of sp³-hybridized carbons (Fsp3) is 0.250. The smallest absolute Gasteiger partial charge is 0.296 e. The van der Waals surface area contributed by atoms with Gasteiger partial charge in [-0.25, -0.2) is 0 Å². The van der Waals surface area contributed by atoms with E-state index in [1.54, 1.807) is 12.1 Å². The van der Waals surface area contributed by atoms with Crippen LogP contribution in [-0.2, 0) is 6.54 Å². The highest BCUT2D eigenvalue weighted by molar-refractivity contribution is 5.64. The first-order chi connectivity index (χ1) is 10.0. The molecule has 0 fully saturated rings. The van der Waals surface area contributed by atoms with Gasteiger partial charge in [0.2, 0.25) is 0 Å². The van der Waals surface area contributed by atoms with Crippen LogP contribution in [0.3, 0.4) is 0 Å². The van der Waals surface area contributed by atoms with Crippen molar-refractivity contribution < 1.29 is 9.66 Å². The molecule has 21 heavy (non-hydrogen) atoms. The molecule has 1 N–H and O–H groups in total. The average molecular weight is 286 g/mol. The number of ether oxygens (including phenoxy) is 1. The highest BCUT2D eigenvalue weighted by Gasteiger charge is 2.15. The quantitative estimate of drug-likeness (QED) is 0.670. The molecule has 0 unspecified atom stereocenters. The molecule has 5 heteroatoms. The van der Waals surface area contributed by atoms with Crippen LogP contribution in [0.1, 0.15) is 16.7 Å². The molecule has 5 nitrogen and oxygen atoms in total. The van der Waals surface area contributed by atoms with Gasteiger partial charge in [0, 0.05) is 6.54 Å². The number of nitrogens with zero attached hydrogens (tertiary/aromatic N) is 1. The summed E-state index contributed by atoms with van der Waals surface area (Å²) in [4.78, 5) is 10.7. The Morgan fingerprint density at radius 3 is 2.62 bits per heavy atom. The molecule has 0 saturated carbocycles. The first-order valence-electron chi connectivity index (χ1n) is 6.63. The SMILES string of the molecule is COc1ccc(NCc2cc(C)ccc2C)c([N+](=O)[O-])c1. The van der Waals surface area contributed by atoms with E-state index < -0.39 is 4.92 Å². The van der Waals surface area contributed by atoms with Crippen LogP contribution in [0.2, 0.25) is 0 Å². The number of methoxy groups -OCH3 is 1. The largest absolute Gasteiger partial charge is 0.496 e. The number of rotatable bonds is 5. The van der Waals surface area contributed by atoms with E-state index >= 15 is 0 Å². The standard InChI is InChI=1S/C16H18N2O3/c1-11-4-5-12(2)13(8-11)10-17-15-7-6-14(21-3)9-16(15)18(19)20/h4-9,17H,10H2,1-3H3. The number of hydrogen-bond donors (Lipinski definition) is 1. The second-order valence-corrected chi connectivity index (χ2v) is 4.92. The number of nitro groups is 1. The number of anilines is 1. The second-order valence-electron chi connectivity index (χ2n) is 4.92. The van der Waals surface area contributed by atoms with Gasteiger partial charge in [-0.05, 0) is 37.1 Å². The Morgan fingerprint density at radius 2 is 1.95 bits per heavy atom. The van der Waals surface area contributed by atoms with Gasteiger partial charge in [-0.15, -0.1) is 0 Å². The van der Waals surface area contributed by atoms with Crippen LogP contribution in [0.15, 0.2) is 36.4 Å². The van der Waals surface area contributed by atoms with Crippen molar-refractivity contribution in [3.63, 3.8) is 0 Å². The van der Waals surface area contributed by atoms with Crippen LogP contribution in [0.25, 0.3) is 0 Å². The van der Waals surface area contributed by atoms with Crippen molar-refractivity contribution in [2.45, 2.75) is 20.4 Å². The van der Waals surface area contributed by atoms with Crippen molar-refractivity contribution in [1.82, 2.24) is 0 Å². The van der Waals surface area contributed by atoms with E-state index in [9.17, 15) is 10.1 Å². The zero-order valence-corrected chi connectivity index (χ0v) is 12.3. The summed E-state index contributed by atoms with van der Waals surface area (Å²) >= 11 is 0.